The Morgan fingerprint density at radius 1 is 1.44 bits per heavy atom. The number of esters is 1. The van der Waals surface area contributed by atoms with Crippen LogP contribution in [0.1, 0.15) is 18.4 Å². The Kier molecular flexibility index (Phi) is 3.64. The van der Waals surface area contributed by atoms with Gasteiger partial charge in [0.1, 0.15) is 0 Å². The first kappa shape index (κ1) is 11.6. The van der Waals surface area contributed by atoms with Crippen molar-refractivity contribution in [1.82, 2.24) is 0 Å². The lowest BCUT2D eigenvalue weighted by Gasteiger charge is -2.01. The summed E-state index contributed by atoms with van der Waals surface area (Å²) in [6, 6.07) is 8.36. The van der Waals surface area contributed by atoms with Gasteiger partial charge in [0.25, 0.3) is 0 Å². The van der Waals surface area contributed by atoms with Crippen molar-refractivity contribution in [3.8, 4) is 0 Å². The minimum absolute atomic E-state index is 0.0409. The molecule has 2 rings (SSSR count). The van der Waals surface area contributed by atoms with Gasteiger partial charge < -0.3 is 4.74 Å². The van der Waals surface area contributed by atoms with Gasteiger partial charge in [-0.1, -0.05) is 28.1 Å². The molecule has 3 heteroatoms. The van der Waals surface area contributed by atoms with Crippen molar-refractivity contribution < 1.29 is 9.53 Å². The number of methoxy groups -OCH3 is 1. The van der Waals surface area contributed by atoms with Crippen LogP contribution in [0.15, 0.2) is 28.7 Å². The molecule has 0 radical (unpaired) electrons. The largest absolute Gasteiger partial charge is 0.469 e. The predicted molar refractivity (Wildman–Crippen MR) is 66.1 cm³/mol. The van der Waals surface area contributed by atoms with Crippen LogP contribution < -0.4 is 0 Å². The number of hydrogen-bond acceptors (Lipinski definition) is 2. The molecule has 0 aliphatic heterocycles. The number of carbonyl (C=O) groups excluding carboxylic acids is 1. The van der Waals surface area contributed by atoms with Gasteiger partial charge in [-0.3, -0.25) is 4.79 Å². The molecular weight excluding hydrogens is 268 g/mol. The molecule has 1 aromatic rings. The molecule has 0 saturated heterocycles. The van der Waals surface area contributed by atoms with Crippen LogP contribution in [0.2, 0.25) is 0 Å². The van der Waals surface area contributed by atoms with Crippen LogP contribution in [0.4, 0.5) is 0 Å². The quantitative estimate of drug-likeness (QED) is 0.793. The molecule has 1 aliphatic carbocycles. The third kappa shape index (κ3) is 2.85. The third-order valence-electron chi connectivity index (χ3n) is 3.14. The molecule has 2 atom stereocenters. The smallest absolute Gasteiger partial charge is 0.308 e. The molecular formula is C13H15BrO2. The Morgan fingerprint density at radius 3 is 2.75 bits per heavy atom. The maximum absolute atomic E-state index is 11.2. The van der Waals surface area contributed by atoms with Gasteiger partial charge in [-0.15, -0.1) is 0 Å². The summed E-state index contributed by atoms with van der Waals surface area (Å²) in [7, 11) is 1.46. The molecule has 1 aliphatic rings. The van der Waals surface area contributed by atoms with Gasteiger partial charge in [0.05, 0.1) is 13.0 Å². The second kappa shape index (κ2) is 5.00. The summed E-state index contributed by atoms with van der Waals surface area (Å²) >= 11 is 3.41. The van der Waals surface area contributed by atoms with Crippen molar-refractivity contribution in [3.63, 3.8) is 0 Å². The molecule has 1 aromatic carbocycles. The number of aryl methyl sites for hydroxylation is 1. The van der Waals surface area contributed by atoms with Gasteiger partial charge in [-0.25, -0.2) is 0 Å². The highest BCUT2D eigenvalue weighted by Gasteiger charge is 2.43. The van der Waals surface area contributed by atoms with E-state index in [4.69, 9.17) is 4.74 Å². The second-order valence-corrected chi connectivity index (χ2v) is 5.21. The summed E-state index contributed by atoms with van der Waals surface area (Å²) in [6.45, 7) is 0. The lowest BCUT2D eigenvalue weighted by atomic mass is 10.1. The van der Waals surface area contributed by atoms with E-state index in [1.807, 2.05) is 0 Å². The molecule has 2 nitrogen and oxygen atoms in total. The highest BCUT2D eigenvalue weighted by molar-refractivity contribution is 9.10. The summed E-state index contributed by atoms with van der Waals surface area (Å²) < 4.78 is 5.83. The molecule has 0 bridgehead atoms. The van der Waals surface area contributed by atoms with Gasteiger partial charge >= 0.3 is 5.97 Å². The fraction of sp³-hybridized carbons (Fsp3) is 0.462. The number of halogens is 1. The van der Waals surface area contributed by atoms with E-state index >= 15 is 0 Å². The Bertz CT molecular complexity index is 372. The van der Waals surface area contributed by atoms with Gasteiger partial charge in [0.2, 0.25) is 0 Å². The number of hydrogen-bond donors (Lipinski definition) is 0. The van der Waals surface area contributed by atoms with E-state index in [0.29, 0.717) is 5.92 Å². The monoisotopic (exact) mass is 282 g/mol. The first-order valence-corrected chi connectivity index (χ1v) is 6.32. The molecule has 0 amide bonds. The van der Waals surface area contributed by atoms with Crippen LogP contribution in [0.3, 0.4) is 0 Å². The fourth-order valence-electron chi connectivity index (χ4n) is 2.01. The topological polar surface area (TPSA) is 26.3 Å². The minimum atomic E-state index is -0.0409. The van der Waals surface area contributed by atoms with Crippen LogP contribution in [0.5, 0.6) is 0 Å². The van der Waals surface area contributed by atoms with Crippen LogP contribution in [0.25, 0.3) is 0 Å². The lowest BCUT2D eigenvalue weighted by molar-refractivity contribution is -0.142. The van der Waals surface area contributed by atoms with Crippen molar-refractivity contribution in [3.05, 3.63) is 34.3 Å². The van der Waals surface area contributed by atoms with E-state index in [1.165, 1.54) is 12.7 Å². The molecule has 86 valence electrons. The molecule has 0 unspecified atom stereocenters. The maximum Gasteiger partial charge on any atom is 0.308 e. The third-order valence-corrected chi connectivity index (χ3v) is 3.67. The van der Waals surface area contributed by atoms with Crippen LogP contribution in [0, 0.1) is 11.8 Å². The zero-order chi connectivity index (χ0) is 11.5. The summed E-state index contributed by atoms with van der Waals surface area (Å²) in [4.78, 5) is 11.2. The molecule has 0 heterocycles. The molecule has 0 spiro atoms. The van der Waals surface area contributed by atoms with Crippen molar-refractivity contribution in [2.24, 2.45) is 11.8 Å². The summed E-state index contributed by atoms with van der Waals surface area (Å²) in [5.41, 5.74) is 1.33. The van der Waals surface area contributed by atoms with E-state index in [0.717, 1.165) is 23.7 Å². The Balaban J connectivity index is 1.77. The fourth-order valence-corrected chi connectivity index (χ4v) is 2.27. The van der Waals surface area contributed by atoms with Crippen LogP contribution in [-0.2, 0) is 16.0 Å². The van der Waals surface area contributed by atoms with Gasteiger partial charge in [0.15, 0.2) is 0 Å². The zero-order valence-corrected chi connectivity index (χ0v) is 10.9. The Labute approximate surface area is 104 Å². The van der Waals surface area contributed by atoms with E-state index in [1.54, 1.807) is 0 Å². The molecule has 1 fully saturated rings. The van der Waals surface area contributed by atoms with E-state index < -0.39 is 0 Å². The number of rotatable bonds is 4. The SMILES string of the molecule is COC(=O)[C@@H]1C[C@H]1CCc1ccc(Br)cc1. The minimum Gasteiger partial charge on any atom is -0.469 e. The average molecular weight is 283 g/mol. The predicted octanol–water partition coefficient (Wildman–Crippen LogP) is 3.19. The number of benzene rings is 1. The van der Waals surface area contributed by atoms with Gasteiger partial charge in [-0.2, -0.15) is 0 Å². The molecule has 0 aromatic heterocycles. The standard InChI is InChI=1S/C13H15BrO2/c1-16-13(15)12-8-10(12)5-2-9-3-6-11(14)7-4-9/h3-4,6-7,10,12H,2,5,8H2,1H3/t10-,12-/m1/s1. The van der Waals surface area contributed by atoms with Gasteiger partial charge in [0, 0.05) is 4.47 Å². The normalized spacial score (nSPS) is 22.9. The Hall–Kier alpha value is -0.830. The highest BCUT2D eigenvalue weighted by Crippen LogP contribution is 2.42. The summed E-state index contributed by atoms with van der Waals surface area (Å²) in [6.07, 6.45) is 3.13. The highest BCUT2D eigenvalue weighted by atomic mass is 79.9. The average Bonchev–Trinajstić information content (AvgIpc) is 3.07. The molecule has 0 N–H and O–H groups in total. The second-order valence-electron chi connectivity index (χ2n) is 4.29. The number of carbonyl (C=O) groups is 1. The van der Waals surface area contributed by atoms with Crippen molar-refractivity contribution >= 4 is 21.9 Å². The van der Waals surface area contributed by atoms with Crippen LogP contribution >= 0.6 is 15.9 Å². The lowest BCUT2D eigenvalue weighted by Crippen LogP contribution is -2.04. The van der Waals surface area contributed by atoms with Crippen LogP contribution in [-0.4, -0.2) is 13.1 Å². The van der Waals surface area contributed by atoms with Crippen molar-refractivity contribution in [2.75, 3.05) is 7.11 Å². The van der Waals surface area contributed by atoms with E-state index in [-0.39, 0.29) is 11.9 Å². The number of ether oxygens (including phenoxy) is 1. The molecule has 1 saturated carbocycles. The Morgan fingerprint density at radius 2 is 2.12 bits per heavy atom. The van der Waals surface area contributed by atoms with Crippen molar-refractivity contribution in [2.45, 2.75) is 19.3 Å². The maximum atomic E-state index is 11.2. The first-order valence-electron chi connectivity index (χ1n) is 5.53. The van der Waals surface area contributed by atoms with Gasteiger partial charge in [-0.05, 0) is 42.9 Å². The van der Waals surface area contributed by atoms with Crippen molar-refractivity contribution in [1.29, 1.82) is 0 Å². The first-order chi connectivity index (χ1) is 7.70. The van der Waals surface area contributed by atoms with E-state index in [2.05, 4.69) is 40.2 Å². The van der Waals surface area contributed by atoms with E-state index in [9.17, 15) is 4.79 Å². The molecule has 16 heavy (non-hydrogen) atoms. The zero-order valence-electron chi connectivity index (χ0n) is 9.28. The summed E-state index contributed by atoms with van der Waals surface area (Å²) in [5, 5.41) is 0. The summed E-state index contributed by atoms with van der Waals surface area (Å²) in [5.74, 6) is 0.664.